The summed E-state index contributed by atoms with van der Waals surface area (Å²) in [5.74, 6) is 2.08. The first-order chi connectivity index (χ1) is 15.7. The highest BCUT2D eigenvalue weighted by Gasteiger charge is 2.27. The van der Waals surface area contributed by atoms with Crippen molar-refractivity contribution >= 4 is 11.9 Å². The van der Waals surface area contributed by atoms with E-state index in [0.717, 1.165) is 44.6 Å². The maximum absolute atomic E-state index is 12.5. The van der Waals surface area contributed by atoms with Crippen LogP contribution in [0.15, 0.2) is 58.1 Å². The minimum atomic E-state index is -0.0407. The van der Waals surface area contributed by atoms with Gasteiger partial charge in [0.2, 0.25) is 0 Å². The molecule has 4 rings (SSSR count). The number of amides is 1. The van der Waals surface area contributed by atoms with Crippen LogP contribution in [0.25, 0.3) is 0 Å². The minimum Gasteiger partial charge on any atom is -0.459 e. The molecule has 7 nitrogen and oxygen atoms in total. The highest BCUT2D eigenvalue weighted by Crippen LogP contribution is 2.26. The van der Waals surface area contributed by atoms with Crippen molar-refractivity contribution in [3.63, 3.8) is 0 Å². The van der Waals surface area contributed by atoms with Gasteiger partial charge in [0.15, 0.2) is 11.7 Å². The molecule has 3 heterocycles. The molecule has 0 saturated carbocycles. The monoisotopic (exact) mass is 437 g/mol. The fourth-order valence-electron chi connectivity index (χ4n) is 4.67. The van der Waals surface area contributed by atoms with Crippen molar-refractivity contribution in [2.24, 2.45) is 10.9 Å². The van der Waals surface area contributed by atoms with E-state index in [4.69, 9.17) is 4.42 Å². The van der Waals surface area contributed by atoms with E-state index >= 15 is 0 Å². The smallest absolute Gasteiger partial charge is 0.289 e. The number of nitrogens with zero attached hydrogens (tertiary/aromatic N) is 4. The number of carbonyl (C=O) groups excluding carboxylic acids is 1. The zero-order valence-electron chi connectivity index (χ0n) is 19.2. The van der Waals surface area contributed by atoms with Crippen LogP contribution in [0.3, 0.4) is 0 Å². The standard InChI is InChI=1S/C25H35N5O2/c1-20-10-12-28(13-11-20)22(21-7-4-3-5-8-21)19-27-25(26-2)30-16-14-29(15-17-30)24(31)23-9-6-18-32-23/h3-9,18,20,22H,10-17,19H2,1-2H3,(H,26,27). The van der Waals surface area contributed by atoms with Gasteiger partial charge in [0.05, 0.1) is 12.3 Å². The van der Waals surface area contributed by atoms with Crippen LogP contribution in [0, 0.1) is 5.92 Å². The topological polar surface area (TPSA) is 64.3 Å². The summed E-state index contributed by atoms with van der Waals surface area (Å²) in [5, 5.41) is 3.63. The quantitative estimate of drug-likeness (QED) is 0.575. The molecule has 0 aliphatic carbocycles. The molecule has 172 valence electrons. The highest BCUT2D eigenvalue weighted by molar-refractivity contribution is 5.91. The van der Waals surface area contributed by atoms with Crippen LogP contribution >= 0.6 is 0 Å². The van der Waals surface area contributed by atoms with Crippen molar-refractivity contribution in [1.29, 1.82) is 0 Å². The molecule has 0 bridgehead atoms. The Balaban J connectivity index is 1.35. The first kappa shape index (κ1) is 22.4. The molecule has 1 aromatic heterocycles. The summed E-state index contributed by atoms with van der Waals surface area (Å²) in [6.07, 6.45) is 4.05. The number of hydrogen-bond acceptors (Lipinski definition) is 4. The lowest BCUT2D eigenvalue weighted by Gasteiger charge is -2.39. The fraction of sp³-hybridized carbons (Fsp3) is 0.520. The van der Waals surface area contributed by atoms with E-state index < -0.39 is 0 Å². The Hall–Kier alpha value is -2.80. The number of hydrogen-bond donors (Lipinski definition) is 1. The molecule has 0 radical (unpaired) electrons. The van der Waals surface area contributed by atoms with E-state index in [1.54, 1.807) is 18.4 Å². The maximum Gasteiger partial charge on any atom is 0.289 e. The lowest BCUT2D eigenvalue weighted by molar-refractivity contribution is 0.0657. The summed E-state index contributed by atoms with van der Waals surface area (Å²) in [6, 6.07) is 14.6. The number of benzene rings is 1. The maximum atomic E-state index is 12.5. The van der Waals surface area contributed by atoms with E-state index in [9.17, 15) is 4.79 Å². The number of furan rings is 1. The number of carbonyl (C=O) groups is 1. The van der Waals surface area contributed by atoms with Gasteiger partial charge in [-0.15, -0.1) is 0 Å². The highest BCUT2D eigenvalue weighted by atomic mass is 16.3. The molecular formula is C25H35N5O2. The number of likely N-dealkylation sites (tertiary alicyclic amines) is 1. The predicted molar refractivity (Wildman–Crippen MR) is 127 cm³/mol. The Morgan fingerprint density at radius 3 is 2.34 bits per heavy atom. The van der Waals surface area contributed by atoms with Gasteiger partial charge >= 0.3 is 0 Å². The molecule has 1 aromatic carbocycles. The van der Waals surface area contributed by atoms with E-state index in [1.165, 1.54) is 18.4 Å². The third kappa shape index (κ3) is 5.33. The third-order valence-electron chi connectivity index (χ3n) is 6.71. The molecule has 2 aromatic rings. The Morgan fingerprint density at radius 1 is 1.03 bits per heavy atom. The molecule has 2 aliphatic heterocycles. The van der Waals surface area contributed by atoms with Crippen LogP contribution in [0.4, 0.5) is 0 Å². The number of rotatable bonds is 5. The molecule has 2 fully saturated rings. The summed E-state index contributed by atoms with van der Waals surface area (Å²) >= 11 is 0. The molecule has 1 amide bonds. The summed E-state index contributed by atoms with van der Waals surface area (Å²) in [4.78, 5) is 23.8. The van der Waals surface area contributed by atoms with Gasteiger partial charge in [-0.2, -0.15) is 0 Å². The molecule has 1 unspecified atom stereocenters. The van der Waals surface area contributed by atoms with Crippen LogP contribution in [-0.4, -0.2) is 79.4 Å². The Bertz CT molecular complexity index is 867. The van der Waals surface area contributed by atoms with Crippen molar-refractivity contribution in [3.05, 3.63) is 60.1 Å². The lowest BCUT2D eigenvalue weighted by atomic mass is 9.95. The number of nitrogens with one attached hydrogen (secondary N) is 1. The predicted octanol–water partition coefficient (Wildman–Crippen LogP) is 3.09. The third-order valence-corrected chi connectivity index (χ3v) is 6.71. The van der Waals surface area contributed by atoms with E-state index in [2.05, 4.69) is 57.4 Å². The van der Waals surface area contributed by atoms with Crippen LogP contribution in [0.2, 0.25) is 0 Å². The van der Waals surface area contributed by atoms with E-state index in [0.29, 0.717) is 24.9 Å². The van der Waals surface area contributed by atoms with Crippen molar-refractivity contribution in [2.45, 2.75) is 25.8 Å². The van der Waals surface area contributed by atoms with Crippen molar-refractivity contribution in [3.8, 4) is 0 Å². The lowest BCUT2D eigenvalue weighted by Crippen LogP contribution is -2.54. The molecule has 32 heavy (non-hydrogen) atoms. The summed E-state index contributed by atoms with van der Waals surface area (Å²) in [5.41, 5.74) is 1.35. The van der Waals surface area contributed by atoms with Crippen LogP contribution < -0.4 is 5.32 Å². The Morgan fingerprint density at radius 2 is 1.72 bits per heavy atom. The van der Waals surface area contributed by atoms with E-state index in [1.807, 2.05) is 11.9 Å². The average molecular weight is 438 g/mol. The largest absolute Gasteiger partial charge is 0.459 e. The van der Waals surface area contributed by atoms with Gasteiger partial charge in [0.1, 0.15) is 0 Å². The molecule has 1 N–H and O–H groups in total. The van der Waals surface area contributed by atoms with Gasteiger partial charge in [0, 0.05) is 39.8 Å². The Kier molecular flexibility index (Phi) is 7.47. The summed E-state index contributed by atoms with van der Waals surface area (Å²) in [7, 11) is 1.84. The van der Waals surface area contributed by atoms with Gasteiger partial charge in [0.25, 0.3) is 5.91 Å². The number of aliphatic imine (C=N–C) groups is 1. The van der Waals surface area contributed by atoms with Crippen molar-refractivity contribution in [1.82, 2.24) is 20.0 Å². The molecule has 2 aliphatic rings. The second-order valence-electron chi connectivity index (χ2n) is 8.83. The first-order valence-corrected chi connectivity index (χ1v) is 11.7. The second-order valence-corrected chi connectivity index (χ2v) is 8.83. The number of piperidine rings is 1. The summed E-state index contributed by atoms with van der Waals surface area (Å²) < 4.78 is 5.27. The van der Waals surface area contributed by atoms with Crippen LogP contribution in [0.5, 0.6) is 0 Å². The number of piperazine rings is 1. The number of guanidine groups is 1. The van der Waals surface area contributed by atoms with Gasteiger partial charge in [-0.25, -0.2) is 0 Å². The molecule has 0 spiro atoms. The van der Waals surface area contributed by atoms with E-state index in [-0.39, 0.29) is 5.91 Å². The zero-order chi connectivity index (χ0) is 22.3. The SMILES string of the molecule is CN=C(NCC(c1ccccc1)N1CCC(C)CC1)N1CCN(C(=O)c2ccco2)CC1. The summed E-state index contributed by atoms with van der Waals surface area (Å²) in [6.45, 7) is 8.26. The average Bonchev–Trinajstić information content (AvgIpc) is 3.38. The van der Waals surface area contributed by atoms with Crippen LogP contribution in [-0.2, 0) is 0 Å². The molecule has 2 saturated heterocycles. The second kappa shape index (κ2) is 10.7. The molecule has 7 heteroatoms. The Labute approximate surface area is 191 Å². The molecular weight excluding hydrogens is 402 g/mol. The van der Waals surface area contributed by atoms with Crippen LogP contribution in [0.1, 0.15) is 41.9 Å². The van der Waals surface area contributed by atoms with Crippen molar-refractivity contribution < 1.29 is 9.21 Å². The van der Waals surface area contributed by atoms with Gasteiger partial charge in [-0.05, 0) is 49.5 Å². The minimum absolute atomic E-state index is 0.0407. The molecule has 1 atom stereocenters. The zero-order valence-corrected chi connectivity index (χ0v) is 19.2. The van der Waals surface area contributed by atoms with Gasteiger partial charge in [-0.3, -0.25) is 14.7 Å². The fourth-order valence-corrected chi connectivity index (χ4v) is 4.67. The van der Waals surface area contributed by atoms with Crippen molar-refractivity contribution in [2.75, 3.05) is 52.9 Å². The normalized spacial score (nSPS) is 19.8. The van der Waals surface area contributed by atoms with Gasteiger partial charge in [-0.1, -0.05) is 37.3 Å². The van der Waals surface area contributed by atoms with Gasteiger partial charge < -0.3 is 19.5 Å². The first-order valence-electron chi connectivity index (χ1n) is 11.7.